The molecule has 5 rings (SSSR count). The lowest BCUT2D eigenvalue weighted by Gasteiger charge is -2.35. The Morgan fingerprint density at radius 3 is 2.10 bits per heavy atom. The fourth-order valence-corrected chi connectivity index (χ4v) is 8.06. The van der Waals surface area contributed by atoms with Gasteiger partial charge in [0.1, 0.15) is 12.6 Å². The van der Waals surface area contributed by atoms with E-state index in [2.05, 4.69) is 21.2 Å². The number of aryl methyl sites for hydroxylation is 3. The van der Waals surface area contributed by atoms with Crippen molar-refractivity contribution in [1.82, 2.24) is 10.2 Å². The third-order valence-electron chi connectivity index (χ3n) is 9.00. The van der Waals surface area contributed by atoms with Gasteiger partial charge in [0.15, 0.2) is 0 Å². The van der Waals surface area contributed by atoms with Crippen molar-refractivity contribution in [3.05, 3.63) is 129 Å². The maximum absolute atomic E-state index is 14.8. The number of carbonyl (C=O) groups excluding carboxylic acids is 2. The molecular formula is C39H44BrN3O4S. The molecule has 1 saturated carbocycles. The topological polar surface area (TPSA) is 86.8 Å². The summed E-state index contributed by atoms with van der Waals surface area (Å²) >= 11 is 3.49. The van der Waals surface area contributed by atoms with Crippen molar-refractivity contribution >= 4 is 43.5 Å². The summed E-state index contributed by atoms with van der Waals surface area (Å²) in [6.07, 6.45) is 5.35. The van der Waals surface area contributed by atoms with Crippen LogP contribution in [0, 0.1) is 20.8 Å². The van der Waals surface area contributed by atoms with Crippen LogP contribution in [0.5, 0.6) is 0 Å². The summed E-state index contributed by atoms with van der Waals surface area (Å²) < 4.78 is 30.8. The maximum Gasteiger partial charge on any atom is 0.264 e. The second-order valence-corrected chi connectivity index (χ2v) is 15.6. The fraction of sp³-hybridized carbons (Fsp3) is 0.333. The Morgan fingerprint density at radius 1 is 0.812 bits per heavy atom. The molecule has 0 bridgehead atoms. The van der Waals surface area contributed by atoms with Crippen molar-refractivity contribution in [2.24, 2.45) is 0 Å². The van der Waals surface area contributed by atoms with Crippen LogP contribution in [0.15, 0.2) is 106 Å². The molecule has 9 heteroatoms. The van der Waals surface area contributed by atoms with E-state index in [9.17, 15) is 18.0 Å². The number of amides is 2. The van der Waals surface area contributed by atoms with Gasteiger partial charge in [-0.25, -0.2) is 8.42 Å². The highest BCUT2D eigenvalue weighted by Gasteiger charge is 2.35. The SMILES string of the molecule is Cc1ccc(S(=O)(=O)N(CC(=O)N(Cc2ccc(Br)cc2)[C@@H](Cc2ccccc2)C(=O)NC2CCCCC2)c2ccc(C)cc2C)cc1. The summed E-state index contributed by atoms with van der Waals surface area (Å²) in [7, 11) is -4.16. The van der Waals surface area contributed by atoms with Gasteiger partial charge in [-0.3, -0.25) is 13.9 Å². The van der Waals surface area contributed by atoms with E-state index in [-0.39, 0.29) is 29.8 Å². The normalized spacial score (nSPS) is 14.2. The molecular weight excluding hydrogens is 686 g/mol. The van der Waals surface area contributed by atoms with Crippen LogP contribution in [0.2, 0.25) is 0 Å². The van der Waals surface area contributed by atoms with Crippen molar-refractivity contribution in [2.75, 3.05) is 10.8 Å². The van der Waals surface area contributed by atoms with Crippen molar-refractivity contribution in [3.8, 4) is 0 Å². The standard InChI is InChI=1S/C39H44BrN3O4S/c1-28-14-21-35(22-15-28)48(46,47)43(36-23-16-29(2)24-30(36)3)27-38(44)42(26-32-17-19-33(40)20-18-32)37(25-31-10-6-4-7-11-31)39(45)41-34-12-8-5-9-13-34/h4,6-7,10-11,14-24,34,37H,5,8-9,12-13,25-27H2,1-3H3,(H,41,45)/t37-/m0/s1. The lowest BCUT2D eigenvalue weighted by molar-refractivity contribution is -0.140. The summed E-state index contributed by atoms with van der Waals surface area (Å²) in [6.45, 7) is 5.35. The van der Waals surface area contributed by atoms with Crippen LogP contribution in [0.4, 0.5) is 5.69 Å². The van der Waals surface area contributed by atoms with E-state index in [0.717, 1.165) is 64.4 Å². The molecule has 0 spiro atoms. The molecule has 2 amide bonds. The molecule has 0 radical (unpaired) electrons. The molecule has 48 heavy (non-hydrogen) atoms. The monoisotopic (exact) mass is 729 g/mol. The van der Waals surface area contributed by atoms with E-state index in [1.54, 1.807) is 35.2 Å². The van der Waals surface area contributed by atoms with Crippen molar-refractivity contribution in [2.45, 2.75) is 82.8 Å². The van der Waals surface area contributed by atoms with E-state index in [1.807, 2.05) is 87.5 Å². The van der Waals surface area contributed by atoms with Crippen LogP contribution in [0.1, 0.15) is 59.9 Å². The quantitative estimate of drug-likeness (QED) is 0.162. The molecule has 0 aliphatic heterocycles. The predicted octanol–water partition coefficient (Wildman–Crippen LogP) is 7.66. The largest absolute Gasteiger partial charge is 0.352 e. The molecule has 1 fully saturated rings. The predicted molar refractivity (Wildman–Crippen MR) is 195 cm³/mol. The first-order chi connectivity index (χ1) is 23.0. The van der Waals surface area contributed by atoms with Crippen LogP contribution in [-0.2, 0) is 32.6 Å². The van der Waals surface area contributed by atoms with E-state index in [0.29, 0.717) is 5.69 Å². The molecule has 252 valence electrons. The van der Waals surface area contributed by atoms with Gasteiger partial charge in [0.2, 0.25) is 11.8 Å². The minimum Gasteiger partial charge on any atom is -0.352 e. The second kappa shape index (κ2) is 16.0. The van der Waals surface area contributed by atoms with Gasteiger partial charge in [0.05, 0.1) is 10.6 Å². The average Bonchev–Trinajstić information content (AvgIpc) is 3.07. The molecule has 0 aromatic heterocycles. The summed E-state index contributed by atoms with van der Waals surface area (Å²) in [5.74, 6) is -0.691. The number of nitrogens with one attached hydrogen (secondary N) is 1. The Morgan fingerprint density at radius 2 is 1.46 bits per heavy atom. The number of carbonyl (C=O) groups is 2. The minimum absolute atomic E-state index is 0.0442. The third kappa shape index (κ3) is 8.94. The first-order valence-electron chi connectivity index (χ1n) is 16.6. The Hall–Kier alpha value is -3.95. The van der Waals surface area contributed by atoms with Crippen LogP contribution < -0.4 is 9.62 Å². The van der Waals surface area contributed by atoms with E-state index in [4.69, 9.17) is 0 Å². The smallest absolute Gasteiger partial charge is 0.264 e. The first-order valence-corrected chi connectivity index (χ1v) is 18.8. The molecule has 7 nitrogen and oxygen atoms in total. The average molecular weight is 731 g/mol. The number of hydrogen-bond donors (Lipinski definition) is 1. The molecule has 4 aromatic rings. The summed E-state index contributed by atoms with van der Waals surface area (Å²) in [5, 5.41) is 3.26. The summed E-state index contributed by atoms with van der Waals surface area (Å²) in [6, 6.07) is 28.6. The Labute approximate surface area is 293 Å². The second-order valence-electron chi connectivity index (χ2n) is 12.8. The number of anilines is 1. The summed E-state index contributed by atoms with van der Waals surface area (Å²) in [4.78, 5) is 30.7. The number of sulfonamides is 1. The Bertz CT molecular complexity index is 1810. The highest BCUT2D eigenvalue weighted by Crippen LogP contribution is 2.29. The summed E-state index contributed by atoms with van der Waals surface area (Å²) in [5.41, 5.74) is 4.80. The zero-order chi connectivity index (χ0) is 34.3. The molecule has 0 heterocycles. The van der Waals surface area contributed by atoms with Gasteiger partial charge in [-0.2, -0.15) is 0 Å². The van der Waals surface area contributed by atoms with Gasteiger partial charge < -0.3 is 10.2 Å². The molecule has 1 atom stereocenters. The number of benzene rings is 4. The van der Waals surface area contributed by atoms with Crippen molar-refractivity contribution in [3.63, 3.8) is 0 Å². The number of rotatable bonds is 12. The number of halogens is 1. The van der Waals surface area contributed by atoms with Crippen LogP contribution in [-0.4, -0.2) is 43.8 Å². The van der Waals surface area contributed by atoms with Crippen LogP contribution in [0.3, 0.4) is 0 Å². The molecule has 0 saturated heterocycles. The highest BCUT2D eigenvalue weighted by molar-refractivity contribution is 9.10. The van der Waals surface area contributed by atoms with Crippen molar-refractivity contribution < 1.29 is 18.0 Å². The number of nitrogens with zero attached hydrogens (tertiary/aromatic N) is 2. The molecule has 1 aliphatic carbocycles. The molecule has 1 aliphatic rings. The zero-order valence-electron chi connectivity index (χ0n) is 27.9. The fourth-order valence-electron chi connectivity index (χ4n) is 6.32. The Kier molecular flexibility index (Phi) is 11.8. The van der Waals surface area contributed by atoms with Crippen molar-refractivity contribution in [1.29, 1.82) is 0 Å². The lowest BCUT2D eigenvalue weighted by atomic mass is 9.94. The molecule has 1 N–H and O–H groups in total. The first kappa shape index (κ1) is 35.4. The molecule has 0 unspecified atom stereocenters. The van der Waals surface area contributed by atoms with Crippen LogP contribution in [0.25, 0.3) is 0 Å². The van der Waals surface area contributed by atoms with Gasteiger partial charge in [-0.05, 0) is 80.6 Å². The third-order valence-corrected chi connectivity index (χ3v) is 11.3. The van der Waals surface area contributed by atoms with E-state index >= 15 is 0 Å². The minimum atomic E-state index is -4.16. The zero-order valence-corrected chi connectivity index (χ0v) is 30.3. The Balaban J connectivity index is 1.58. The highest BCUT2D eigenvalue weighted by atomic mass is 79.9. The van der Waals surface area contributed by atoms with E-state index in [1.165, 1.54) is 4.31 Å². The van der Waals surface area contributed by atoms with Gasteiger partial charge in [0, 0.05) is 23.5 Å². The number of hydrogen-bond acceptors (Lipinski definition) is 4. The van der Waals surface area contributed by atoms with Gasteiger partial charge in [-0.1, -0.05) is 113 Å². The lowest BCUT2D eigenvalue weighted by Crippen LogP contribution is -2.55. The van der Waals surface area contributed by atoms with Gasteiger partial charge >= 0.3 is 0 Å². The van der Waals surface area contributed by atoms with E-state index < -0.39 is 28.5 Å². The van der Waals surface area contributed by atoms with Crippen LogP contribution >= 0.6 is 15.9 Å². The van der Waals surface area contributed by atoms with Gasteiger partial charge in [0.25, 0.3) is 10.0 Å². The molecule has 4 aromatic carbocycles. The van der Waals surface area contributed by atoms with Gasteiger partial charge in [-0.15, -0.1) is 0 Å². The maximum atomic E-state index is 14.8.